The number of carbonyl (C=O) groups is 2. The summed E-state index contributed by atoms with van der Waals surface area (Å²) in [6.07, 6.45) is 0.775. The molecule has 2 aromatic rings. The Morgan fingerprint density at radius 3 is 2.52 bits per heavy atom. The number of rotatable bonds is 4. The summed E-state index contributed by atoms with van der Waals surface area (Å²) in [5.74, 6) is -0.899. The number of ether oxygens (including phenoxy) is 1. The maximum absolute atomic E-state index is 14.2. The van der Waals surface area contributed by atoms with E-state index in [-0.39, 0.29) is 17.2 Å². The Labute approximate surface area is 200 Å². The molecule has 174 valence electrons. The molecule has 10 heteroatoms. The fourth-order valence-corrected chi connectivity index (χ4v) is 4.11. The van der Waals surface area contributed by atoms with E-state index in [1.165, 1.54) is 12.1 Å². The monoisotopic (exact) mass is 517 g/mol. The molecule has 0 spiro atoms. The molecule has 1 aromatic carbocycles. The van der Waals surface area contributed by atoms with Gasteiger partial charge in [0.15, 0.2) is 0 Å². The Morgan fingerprint density at radius 1 is 1.30 bits per heavy atom. The highest BCUT2D eigenvalue weighted by atomic mass is 79.9. The highest BCUT2D eigenvalue weighted by Crippen LogP contribution is 2.33. The van der Waals surface area contributed by atoms with Gasteiger partial charge in [0.25, 0.3) is 5.91 Å². The molecule has 3 rings (SSSR count). The molecular formula is C23H25BrFN5O3. The maximum atomic E-state index is 14.2. The van der Waals surface area contributed by atoms with Crippen LogP contribution in [0.1, 0.15) is 49.5 Å². The van der Waals surface area contributed by atoms with Gasteiger partial charge in [0.05, 0.1) is 16.8 Å². The van der Waals surface area contributed by atoms with E-state index in [9.17, 15) is 14.0 Å². The van der Waals surface area contributed by atoms with E-state index in [1.54, 1.807) is 39.0 Å². The van der Waals surface area contributed by atoms with Crippen LogP contribution in [0.25, 0.3) is 11.3 Å². The van der Waals surface area contributed by atoms with Gasteiger partial charge in [-0.3, -0.25) is 4.79 Å². The molecule has 1 aliphatic heterocycles. The first-order chi connectivity index (χ1) is 15.5. The van der Waals surface area contributed by atoms with E-state index < -0.39 is 23.4 Å². The Bertz CT molecular complexity index is 1120. The molecular weight excluding hydrogens is 493 g/mol. The van der Waals surface area contributed by atoms with Gasteiger partial charge in [-0.15, -0.1) is 0 Å². The fourth-order valence-electron chi connectivity index (χ4n) is 3.57. The zero-order valence-corrected chi connectivity index (χ0v) is 20.2. The summed E-state index contributed by atoms with van der Waals surface area (Å²) in [4.78, 5) is 30.7. The van der Waals surface area contributed by atoms with E-state index in [0.717, 1.165) is 0 Å². The van der Waals surface area contributed by atoms with Gasteiger partial charge in [0, 0.05) is 29.2 Å². The van der Waals surface area contributed by atoms with Crippen LogP contribution in [0.4, 0.5) is 15.0 Å². The largest absolute Gasteiger partial charge is 0.444 e. The lowest BCUT2D eigenvalue weighted by Gasteiger charge is -2.34. The first-order valence-corrected chi connectivity index (χ1v) is 11.2. The molecule has 2 amide bonds. The Hall–Kier alpha value is -3.19. The number of aromatic nitrogens is 1. The number of hydrogen-bond acceptors (Lipinski definition) is 6. The smallest absolute Gasteiger partial charge is 0.407 e. The van der Waals surface area contributed by atoms with Gasteiger partial charge in [-0.2, -0.15) is 5.26 Å². The second kappa shape index (κ2) is 9.75. The number of primary amides is 1. The number of nitriles is 1. The summed E-state index contributed by atoms with van der Waals surface area (Å²) < 4.78 is 20.0. The summed E-state index contributed by atoms with van der Waals surface area (Å²) in [5.41, 5.74) is 6.06. The molecule has 33 heavy (non-hydrogen) atoms. The fraction of sp³-hybridized carbons (Fsp3) is 0.391. The van der Waals surface area contributed by atoms with Gasteiger partial charge in [0.2, 0.25) is 0 Å². The van der Waals surface area contributed by atoms with E-state index in [4.69, 9.17) is 15.7 Å². The van der Waals surface area contributed by atoms with Gasteiger partial charge in [-0.05, 0) is 67.7 Å². The van der Waals surface area contributed by atoms with Crippen molar-refractivity contribution in [3.8, 4) is 17.3 Å². The van der Waals surface area contributed by atoms with Gasteiger partial charge in [-0.25, -0.2) is 14.2 Å². The highest BCUT2D eigenvalue weighted by molar-refractivity contribution is 9.10. The van der Waals surface area contributed by atoms with Crippen LogP contribution >= 0.6 is 15.9 Å². The number of benzene rings is 1. The Morgan fingerprint density at radius 2 is 1.97 bits per heavy atom. The summed E-state index contributed by atoms with van der Waals surface area (Å²) in [6, 6.07) is 7.50. The first kappa shape index (κ1) is 24.5. The van der Waals surface area contributed by atoms with Crippen molar-refractivity contribution in [1.82, 2.24) is 10.3 Å². The average Bonchev–Trinajstić information content (AvgIpc) is 2.72. The average molecular weight is 518 g/mol. The number of nitrogens with two attached hydrogens (primary N) is 1. The summed E-state index contributed by atoms with van der Waals surface area (Å²) in [5, 5.41) is 11.8. The van der Waals surface area contributed by atoms with E-state index >= 15 is 0 Å². The predicted molar refractivity (Wildman–Crippen MR) is 125 cm³/mol. The molecule has 1 aliphatic rings. The van der Waals surface area contributed by atoms with E-state index in [1.807, 2.05) is 4.90 Å². The molecule has 1 fully saturated rings. The van der Waals surface area contributed by atoms with Crippen LogP contribution in [0.2, 0.25) is 0 Å². The Balaban J connectivity index is 1.84. The van der Waals surface area contributed by atoms with Crippen LogP contribution in [-0.4, -0.2) is 41.7 Å². The molecule has 0 aliphatic carbocycles. The zero-order valence-electron chi connectivity index (χ0n) is 18.6. The zero-order chi connectivity index (χ0) is 24.3. The molecule has 0 unspecified atom stereocenters. The van der Waals surface area contributed by atoms with Crippen molar-refractivity contribution < 1.29 is 18.7 Å². The highest BCUT2D eigenvalue weighted by Gasteiger charge is 2.27. The van der Waals surface area contributed by atoms with Crippen molar-refractivity contribution in [2.45, 2.75) is 45.3 Å². The van der Waals surface area contributed by atoms with Crippen molar-refractivity contribution in [3.63, 3.8) is 0 Å². The predicted octanol–water partition coefficient (Wildman–Crippen LogP) is 4.11. The number of piperidine rings is 1. The molecule has 1 saturated heterocycles. The molecule has 0 bridgehead atoms. The summed E-state index contributed by atoms with van der Waals surface area (Å²) in [7, 11) is 0. The number of pyridine rings is 1. The third-order valence-corrected chi connectivity index (χ3v) is 5.70. The quantitative estimate of drug-likeness (QED) is 0.629. The number of nitrogens with zero attached hydrogens (tertiary/aromatic N) is 3. The van der Waals surface area contributed by atoms with Gasteiger partial charge in [0.1, 0.15) is 23.3 Å². The minimum absolute atomic E-state index is 0.0663. The van der Waals surface area contributed by atoms with Crippen molar-refractivity contribution >= 4 is 33.7 Å². The SMILES string of the molecule is CC(C)(C)OC(=O)NC1CCN(c2nc(-c3ccc(C#N)c(F)c3)c(Br)cc2C(N)=O)CC1. The van der Waals surface area contributed by atoms with E-state index in [0.29, 0.717) is 47.5 Å². The third kappa shape index (κ3) is 5.99. The number of carbonyl (C=O) groups excluding carboxylic acids is 2. The van der Waals surface area contributed by atoms with Gasteiger partial charge < -0.3 is 20.7 Å². The van der Waals surface area contributed by atoms with Crippen LogP contribution < -0.4 is 16.0 Å². The lowest BCUT2D eigenvalue weighted by Crippen LogP contribution is -2.46. The lowest BCUT2D eigenvalue weighted by molar-refractivity contribution is 0.0497. The first-order valence-electron chi connectivity index (χ1n) is 10.4. The molecule has 0 saturated carbocycles. The molecule has 0 atom stereocenters. The minimum Gasteiger partial charge on any atom is -0.444 e. The molecule has 1 aromatic heterocycles. The van der Waals surface area contributed by atoms with Crippen LogP contribution in [0.5, 0.6) is 0 Å². The van der Waals surface area contributed by atoms with E-state index in [2.05, 4.69) is 26.2 Å². The van der Waals surface area contributed by atoms with Gasteiger partial charge >= 0.3 is 6.09 Å². The second-order valence-corrected chi connectivity index (χ2v) is 9.62. The number of nitrogens with one attached hydrogen (secondary N) is 1. The topological polar surface area (TPSA) is 121 Å². The molecule has 0 radical (unpaired) electrons. The lowest BCUT2D eigenvalue weighted by atomic mass is 10.0. The van der Waals surface area contributed by atoms with Crippen LogP contribution in [-0.2, 0) is 4.74 Å². The molecule has 2 heterocycles. The van der Waals surface area contributed by atoms with Gasteiger partial charge in [-0.1, -0.05) is 6.07 Å². The normalized spacial score (nSPS) is 14.5. The van der Waals surface area contributed by atoms with Crippen molar-refractivity contribution in [3.05, 3.63) is 45.7 Å². The number of halogens is 2. The van der Waals surface area contributed by atoms with Crippen molar-refractivity contribution in [2.75, 3.05) is 18.0 Å². The number of hydrogen-bond donors (Lipinski definition) is 2. The van der Waals surface area contributed by atoms with Crippen LogP contribution in [0.3, 0.4) is 0 Å². The van der Waals surface area contributed by atoms with Crippen LogP contribution in [0.15, 0.2) is 28.7 Å². The number of alkyl carbamates (subject to hydrolysis) is 1. The van der Waals surface area contributed by atoms with Crippen molar-refractivity contribution in [1.29, 1.82) is 5.26 Å². The molecule has 3 N–H and O–H groups in total. The van der Waals surface area contributed by atoms with Crippen molar-refractivity contribution in [2.24, 2.45) is 5.73 Å². The number of anilines is 1. The second-order valence-electron chi connectivity index (χ2n) is 8.77. The maximum Gasteiger partial charge on any atom is 0.407 e. The standard InChI is InChI=1S/C23H25BrFN5O3/c1-23(2,3)33-22(32)28-15-6-8-30(9-7-15)21-16(20(27)31)11-17(24)19(29-21)13-4-5-14(12-26)18(25)10-13/h4-5,10-11,15H,6-9H2,1-3H3,(H2,27,31)(H,28,32). The third-order valence-electron chi connectivity index (χ3n) is 5.10. The summed E-state index contributed by atoms with van der Waals surface area (Å²) >= 11 is 3.39. The Kier molecular flexibility index (Phi) is 7.22. The summed E-state index contributed by atoms with van der Waals surface area (Å²) in [6.45, 7) is 6.46. The molecule has 8 nitrogen and oxygen atoms in total. The number of amides is 2. The minimum atomic E-state index is -0.654. The van der Waals surface area contributed by atoms with Crippen LogP contribution in [0, 0.1) is 17.1 Å².